The fraction of sp³-hybridized carbons (Fsp3) is 1.00. The van der Waals surface area contributed by atoms with Crippen molar-refractivity contribution in [2.75, 3.05) is 32.8 Å². The van der Waals surface area contributed by atoms with Crippen LogP contribution in [0.15, 0.2) is 0 Å². The van der Waals surface area contributed by atoms with Gasteiger partial charge in [-0.3, -0.25) is 0 Å². The predicted octanol–water partition coefficient (Wildman–Crippen LogP) is 3.68. The summed E-state index contributed by atoms with van der Waals surface area (Å²) < 4.78 is 5.82. The van der Waals surface area contributed by atoms with Crippen molar-refractivity contribution >= 4 is 0 Å². The van der Waals surface area contributed by atoms with Crippen LogP contribution < -0.4 is 5.32 Å². The van der Waals surface area contributed by atoms with Crippen LogP contribution >= 0.6 is 0 Å². The van der Waals surface area contributed by atoms with Gasteiger partial charge in [0.15, 0.2) is 0 Å². The molecule has 3 nitrogen and oxygen atoms in total. The Hall–Kier alpha value is -0.120. The molecule has 0 aliphatic carbocycles. The van der Waals surface area contributed by atoms with Gasteiger partial charge in [-0.25, -0.2) is 0 Å². The number of hydrogen-bond donors (Lipinski definition) is 1. The molecule has 1 fully saturated rings. The second-order valence-electron chi connectivity index (χ2n) is 7.77. The van der Waals surface area contributed by atoms with Crippen LogP contribution in [-0.2, 0) is 4.74 Å². The van der Waals surface area contributed by atoms with E-state index in [1.807, 2.05) is 0 Å². The Bertz CT molecular complexity index is 275. The summed E-state index contributed by atoms with van der Waals surface area (Å²) in [6, 6.07) is 0. The zero-order valence-corrected chi connectivity index (χ0v) is 15.3. The van der Waals surface area contributed by atoms with Gasteiger partial charge >= 0.3 is 0 Å². The SMILES string of the molecule is CCN(CC1CCCO1)CC(CC)(CC)CNC(C)(C)C. The average molecular weight is 299 g/mol. The number of nitrogens with zero attached hydrogens (tertiary/aromatic N) is 1. The zero-order chi connectivity index (χ0) is 15.9. The molecule has 1 atom stereocenters. The lowest BCUT2D eigenvalue weighted by Gasteiger charge is -2.40. The third-order valence-corrected chi connectivity index (χ3v) is 4.99. The Morgan fingerprint density at radius 1 is 1.14 bits per heavy atom. The van der Waals surface area contributed by atoms with Gasteiger partial charge in [0.2, 0.25) is 0 Å². The minimum absolute atomic E-state index is 0.196. The minimum atomic E-state index is 0.196. The molecule has 0 saturated carbocycles. The van der Waals surface area contributed by atoms with E-state index in [1.54, 1.807) is 0 Å². The fourth-order valence-corrected chi connectivity index (χ4v) is 3.09. The maximum atomic E-state index is 5.82. The van der Waals surface area contributed by atoms with Gasteiger partial charge < -0.3 is 15.0 Å². The van der Waals surface area contributed by atoms with Crippen molar-refractivity contribution in [2.24, 2.45) is 5.41 Å². The van der Waals surface area contributed by atoms with Crippen molar-refractivity contribution in [1.82, 2.24) is 10.2 Å². The molecule has 0 bridgehead atoms. The van der Waals surface area contributed by atoms with E-state index >= 15 is 0 Å². The van der Waals surface area contributed by atoms with Crippen LogP contribution in [0.1, 0.15) is 67.2 Å². The molecule has 0 aromatic rings. The van der Waals surface area contributed by atoms with Gasteiger partial charge in [-0.05, 0) is 58.4 Å². The summed E-state index contributed by atoms with van der Waals surface area (Å²) in [6.45, 7) is 19.2. The maximum absolute atomic E-state index is 5.82. The van der Waals surface area contributed by atoms with Crippen molar-refractivity contribution in [2.45, 2.75) is 78.9 Å². The Labute approximate surface area is 132 Å². The lowest BCUT2D eigenvalue weighted by Crippen LogP contribution is -2.49. The van der Waals surface area contributed by atoms with E-state index in [0.717, 1.165) is 26.2 Å². The molecule has 1 aliphatic heterocycles. The van der Waals surface area contributed by atoms with E-state index < -0.39 is 0 Å². The van der Waals surface area contributed by atoms with Crippen LogP contribution in [0.3, 0.4) is 0 Å². The van der Waals surface area contributed by atoms with E-state index in [-0.39, 0.29) is 5.54 Å². The second kappa shape index (κ2) is 8.50. The van der Waals surface area contributed by atoms with Crippen LogP contribution in [0, 0.1) is 5.41 Å². The van der Waals surface area contributed by atoms with Gasteiger partial charge in [0, 0.05) is 31.8 Å². The molecule has 1 rings (SSSR count). The molecule has 0 amide bonds. The third kappa shape index (κ3) is 6.66. The van der Waals surface area contributed by atoms with Gasteiger partial charge in [0.25, 0.3) is 0 Å². The summed E-state index contributed by atoms with van der Waals surface area (Å²) in [5.74, 6) is 0. The van der Waals surface area contributed by atoms with E-state index in [9.17, 15) is 0 Å². The molecule has 1 unspecified atom stereocenters. The average Bonchev–Trinajstić information content (AvgIpc) is 2.94. The van der Waals surface area contributed by atoms with Gasteiger partial charge in [-0.15, -0.1) is 0 Å². The fourth-order valence-electron chi connectivity index (χ4n) is 3.09. The van der Waals surface area contributed by atoms with Crippen LogP contribution in [0.5, 0.6) is 0 Å². The number of rotatable bonds is 9. The van der Waals surface area contributed by atoms with Gasteiger partial charge in [-0.1, -0.05) is 20.8 Å². The Kier molecular flexibility index (Phi) is 7.66. The van der Waals surface area contributed by atoms with Crippen molar-refractivity contribution in [3.05, 3.63) is 0 Å². The molecule has 0 radical (unpaired) electrons. The quantitative estimate of drug-likeness (QED) is 0.703. The summed E-state index contributed by atoms with van der Waals surface area (Å²) in [5.41, 5.74) is 0.573. The first-order chi connectivity index (χ1) is 9.84. The lowest BCUT2D eigenvalue weighted by atomic mass is 9.81. The van der Waals surface area contributed by atoms with E-state index in [0.29, 0.717) is 11.5 Å². The maximum Gasteiger partial charge on any atom is 0.0702 e. The van der Waals surface area contributed by atoms with Crippen LogP contribution in [0.4, 0.5) is 0 Å². The molecule has 126 valence electrons. The second-order valence-corrected chi connectivity index (χ2v) is 7.77. The van der Waals surface area contributed by atoms with Crippen LogP contribution in [0.2, 0.25) is 0 Å². The first kappa shape index (κ1) is 18.9. The number of ether oxygens (including phenoxy) is 1. The third-order valence-electron chi connectivity index (χ3n) is 4.99. The van der Waals surface area contributed by atoms with Crippen molar-refractivity contribution in [1.29, 1.82) is 0 Å². The predicted molar refractivity (Wildman–Crippen MR) is 91.9 cm³/mol. The smallest absolute Gasteiger partial charge is 0.0702 e. The van der Waals surface area contributed by atoms with Gasteiger partial charge in [0.1, 0.15) is 0 Å². The highest BCUT2D eigenvalue weighted by molar-refractivity contribution is 4.86. The molecule has 1 saturated heterocycles. The normalized spacial score (nSPS) is 20.4. The summed E-state index contributed by atoms with van der Waals surface area (Å²) in [4.78, 5) is 2.60. The first-order valence-corrected chi connectivity index (χ1v) is 8.93. The van der Waals surface area contributed by atoms with Crippen molar-refractivity contribution < 1.29 is 4.74 Å². The zero-order valence-electron chi connectivity index (χ0n) is 15.3. The molecule has 0 aromatic carbocycles. The highest BCUT2D eigenvalue weighted by Crippen LogP contribution is 2.28. The Morgan fingerprint density at radius 3 is 2.24 bits per heavy atom. The Balaban J connectivity index is 2.60. The largest absolute Gasteiger partial charge is 0.377 e. The summed E-state index contributed by atoms with van der Waals surface area (Å²) in [7, 11) is 0. The molecule has 0 spiro atoms. The first-order valence-electron chi connectivity index (χ1n) is 8.93. The molecule has 0 aromatic heterocycles. The van der Waals surface area contributed by atoms with E-state index in [1.165, 1.54) is 32.2 Å². The lowest BCUT2D eigenvalue weighted by molar-refractivity contribution is 0.0515. The van der Waals surface area contributed by atoms with Crippen molar-refractivity contribution in [3.8, 4) is 0 Å². The summed E-state index contributed by atoms with van der Waals surface area (Å²) >= 11 is 0. The monoisotopic (exact) mass is 298 g/mol. The standard InChI is InChI=1S/C18H38N2O/c1-7-18(8-2,14-19-17(4,5)6)15-20(9-3)13-16-11-10-12-21-16/h16,19H,7-15H2,1-6H3. The van der Waals surface area contributed by atoms with Gasteiger partial charge in [-0.2, -0.15) is 0 Å². The topological polar surface area (TPSA) is 24.5 Å². The van der Waals surface area contributed by atoms with Gasteiger partial charge in [0.05, 0.1) is 6.10 Å². The number of nitrogens with one attached hydrogen (secondary N) is 1. The number of hydrogen-bond acceptors (Lipinski definition) is 3. The molecular weight excluding hydrogens is 260 g/mol. The summed E-state index contributed by atoms with van der Waals surface area (Å²) in [5, 5.41) is 3.73. The molecule has 3 heteroatoms. The molecule has 1 aliphatic rings. The molecular formula is C18H38N2O. The van der Waals surface area contributed by atoms with E-state index in [2.05, 4.69) is 51.8 Å². The minimum Gasteiger partial charge on any atom is -0.377 e. The van der Waals surface area contributed by atoms with E-state index in [4.69, 9.17) is 4.74 Å². The van der Waals surface area contributed by atoms with Crippen LogP contribution in [0.25, 0.3) is 0 Å². The highest BCUT2D eigenvalue weighted by Gasteiger charge is 2.31. The van der Waals surface area contributed by atoms with Crippen LogP contribution in [-0.4, -0.2) is 49.3 Å². The molecule has 1 N–H and O–H groups in total. The van der Waals surface area contributed by atoms with Crippen molar-refractivity contribution in [3.63, 3.8) is 0 Å². The summed E-state index contributed by atoms with van der Waals surface area (Å²) in [6.07, 6.45) is 5.40. The molecule has 1 heterocycles. The molecule has 21 heavy (non-hydrogen) atoms. The highest BCUT2D eigenvalue weighted by atomic mass is 16.5. The number of likely N-dealkylation sites (N-methyl/N-ethyl adjacent to an activating group) is 1. The Morgan fingerprint density at radius 2 is 1.81 bits per heavy atom.